The molecule has 0 amide bonds. The van der Waals surface area contributed by atoms with E-state index < -0.39 is 6.10 Å². The number of pyridine rings is 1. The normalized spacial score (nSPS) is 12.4. The number of hydrogen-bond acceptors (Lipinski definition) is 4. The van der Waals surface area contributed by atoms with E-state index in [2.05, 4.69) is 4.98 Å². The summed E-state index contributed by atoms with van der Waals surface area (Å²) in [7, 11) is 0. The van der Waals surface area contributed by atoms with Crippen LogP contribution in [0.5, 0.6) is 0 Å². The predicted molar refractivity (Wildman–Crippen MR) is 72.7 cm³/mol. The van der Waals surface area contributed by atoms with Crippen LogP contribution in [0, 0.1) is 6.92 Å². The fraction of sp³-hybridized carbons (Fsp3) is 0.333. The van der Waals surface area contributed by atoms with Gasteiger partial charge in [-0.05, 0) is 36.9 Å². The molecule has 1 aromatic heterocycles. The first-order valence-electron chi connectivity index (χ1n) is 6.30. The summed E-state index contributed by atoms with van der Waals surface area (Å²) < 4.78 is 4.83. The first-order chi connectivity index (χ1) is 9.10. The van der Waals surface area contributed by atoms with E-state index in [4.69, 9.17) is 4.74 Å². The van der Waals surface area contributed by atoms with Crippen molar-refractivity contribution in [2.45, 2.75) is 26.4 Å². The summed E-state index contributed by atoms with van der Waals surface area (Å²) in [5.41, 5.74) is 1.63. The molecule has 2 rings (SSSR count). The molecule has 2 aromatic rings. The molecule has 0 saturated heterocycles. The van der Waals surface area contributed by atoms with Crippen molar-refractivity contribution in [2.24, 2.45) is 0 Å². The number of hydrogen-bond donors (Lipinski definition) is 1. The van der Waals surface area contributed by atoms with E-state index in [9.17, 15) is 9.90 Å². The number of fused-ring (bicyclic) bond motifs is 1. The first kappa shape index (κ1) is 13.5. The zero-order chi connectivity index (χ0) is 13.8. The molecular formula is C15H17NO3. The highest BCUT2D eigenvalue weighted by atomic mass is 16.5. The third-order valence-electron chi connectivity index (χ3n) is 2.93. The summed E-state index contributed by atoms with van der Waals surface area (Å²) in [6.45, 7) is 3.99. The van der Waals surface area contributed by atoms with Crippen molar-refractivity contribution < 1.29 is 14.6 Å². The molecule has 1 atom stereocenters. The van der Waals surface area contributed by atoms with Gasteiger partial charge in [0.25, 0.3) is 0 Å². The zero-order valence-electron chi connectivity index (χ0n) is 11.1. The van der Waals surface area contributed by atoms with Gasteiger partial charge in [-0.2, -0.15) is 0 Å². The highest BCUT2D eigenvalue weighted by molar-refractivity contribution is 5.83. The number of carbonyl (C=O) groups is 1. The summed E-state index contributed by atoms with van der Waals surface area (Å²) >= 11 is 0. The Bertz CT molecular complexity index is 595. The summed E-state index contributed by atoms with van der Waals surface area (Å²) in [4.78, 5) is 15.6. The summed E-state index contributed by atoms with van der Waals surface area (Å²) in [6.07, 6.45) is 0.937. The third kappa shape index (κ3) is 3.29. The van der Waals surface area contributed by atoms with Gasteiger partial charge in [0.05, 0.1) is 19.1 Å². The van der Waals surface area contributed by atoms with Crippen molar-refractivity contribution in [3.8, 4) is 0 Å². The van der Waals surface area contributed by atoms with Crippen molar-refractivity contribution in [2.75, 3.05) is 6.61 Å². The summed E-state index contributed by atoms with van der Waals surface area (Å²) in [5.74, 6) is -0.388. The average molecular weight is 259 g/mol. The van der Waals surface area contributed by atoms with Crippen molar-refractivity contribution in [1.29, 1.82) is 0 Å². The van der Waals surface area contributed by atoms with Gasteiger partial charge in [0, 0.05) is 17.3 Å². The lowest BCUT2D eigenvalue weighted by atomic mass is 10.0. The minimum atomic E-state index is -0.836. The van der Waals surface area contributed by atoms with Crippen molar-refractivity contribution >= 4 is 16.7 Å². The van der Waals surface area contributed by atoms with Gasteiger partial charge in [0.15, 0.2) is 0 Å². The number of benzene rings is 1. The number of aliphatic hydroxyl groups is 1. The van der Waals surface area contributed by atoms with Crippen molar-refractivity contribution in [1.82, 2.24) is 4.98 Å². The number of nitrogens with zero attached hydrogens (tertiary/aromatic N) is 1. The third-order valence-corrected chi connectivity index (χ3v) is 2.93. The Kier molecular flexibility index (Phi) is 4.12. The van der Waals surface area contributed by atoms with Gasteiger partial charge in [0.1, 0.15) is 0 Å². The maximum atomic E-state index is 11.4. The number of aliphatic hydroxyl groups excluding tert-OH is 1. The molecule has 0 saturated carbocycles. The average Bonchev–Trinajstić information content (AvgIpc) is 2.38. The molecule has 0 aliphatic carbocycles. The van der Waals surface area contributed by atoms with E-state index in [1.54, 1.807) is 13.1 Å². The molecule has 0 fully saturated rings. The molecular weight excluding hydrogens is 242 g/mol. The molecule has 0 bridgehead atoms. The van der Waals surface area contributed by atoms with Gasteiger partial charge < -0.3 is 9.84 Å². The van der Waals surface area contributed by atoms with E-state index >= 15 is 0 Å². The minimum Gasteiger partial charge on any atom is -0.466 e. The van der Waals surface area contributed by atoms with E-state index in [-0.39, 0.29) is 12.4 Å². The van der Waals surface area contributed by atoms with Gasteiger partial charge in [-0.1, -0.05) is 12.1 Å². The molecule has 1 heterocycles. The zero-order valence-corrected chi connectivity index (χ0v) is 11.1. The Morgan fingerprint density at radius 1 is 1.37 bits per heavy atom. The molecule has 100 valence electrons. The van der Waals surface area contributed by atoms with Crippen LogP contribution in [0.4, 0.5) is 0 Å². The Labute approximate surface area is 112 Å². The largest absolute Gasteiger partial charge is 0.466 e. The van der Waals surface area contributed by atoms with Gasteiger partial charge >= 0.3 is 5.97 Å². The highest BCUT2D eigenvalue weighted by Gasteiger charge is 2.14. The molecule has 4 heteroatoms. The van der Waals surface area contributed by atoms with Crippen LogP contribution in [0.3, 0.4) is 0 Å². The van der Waals surface area contributed by atoms with E-state index in [1.165, 1.54) is 0 Å². The minimum absolute atomic E-state index is 0.0244. The van der Waals surface area contributed by atoms with Crippen LogP contribution in [0.15, 0.2) is 30.5 Å². The second kappa shape index (κ2) is 5.80. The number of aryl methyl sites for hydroxylation is 1. The summed E-state index contributed by atoms with van der Waals surface area (Å²) in [6, 6.07) is 7.54. The Balaban J connectivity index is 2.22. The standard InChI is InChI=1S/C15H17NO3/c1-3-19-15(18)8-14(17)11-4-5-12-9-16-10(2)6-13(12)7-11/h4-7,9,14,17H,3,8H2,1-2H3/t14-/m0/s1. The van der Waals surface area contributed by atoms with E-state index in [0.717, 1.165) is 16.5 Å². The highest BCUT2D eigenvalue weighted by Crippen LogP contribution is 2.22. The van der Waals surface area contributed by atoms with Crippen LogP contribution in [0.2, 0.25) is 0 Å². The lowest BCUT2D eigenvalue weighted by molar-refractivity contribution is -0.145. The van der Waals surface area contributed by atoms with Crippen LogP contribution in [0.1, 0.15) is 30.7 Å². The number of aromatic nitrogens is 1. The van der Waals surface area contributed by atoms with Gasteiger partial charge in [0.2, 0.25) is 0 Å². The van der Waals surface area contributed by atoms with Crippen LogP contribution in [-0.2, 0) is 9.53 Å². The quantitative estimate of drug-likeness (QED) is 0.857. The van der Waals surface area contributed by atoms with Crippen molar-refractivity contribution in [3.05, 3.63) is 41.7 Å². The predicted octanol–water partition coefficient (Wildman–Crippen LogP) is 2.53. The lowest BCUT2D eigenvalue weighted by Gasteiger charge is -2.11. The fourth-order valence-electron chi connectivity index (χ4n) is 1.97. The molecule has 1 aromatic carbocycles. The Hall–Kier alpha value is -1.94. The smallest absolute Gasteiger partial charge is 0.308 e. The van der Waals surface area contributed by atoms with Crippen LogP contribution < -0.4 is 0 Å². The molecule has 4 nitrogen and oxygen atoms in total. The number of rotatable bonds is 4. The molecule has 0 aliphatic rings. The lowest BCUT2D eigenvalue weighted by Crippen LogP contribution is -2.10. The molecule has 19 heavy (non-hydrogen) atoms. The summed E-state index contributed by atoms with van der Waals surface area (Å²) in [5, 5.41) is 12.0. The van der Waals surface area contributed by atoms with E-state index in [0.29, 0.717) is 12.2 Å². The van der Waals surface area contributed by atoms with Crippen molar-refractivity contribution in [3.63, 3.8) is 0 Å². The van der Waals surface area contributed by atoms with Gasteiger partial charge in [-0.15, -0.1) is 0 Å². The van der Waals surface area contributed by atoms with Gasteiger partial charge in [-0.25, -0.2) is 0 Å². The number of esters is 1. The maximum Gasteiger partial charge on any atom is 0.308 e. The van der Waals surface area contributed by atoms with E-state index in [1.807, 2.05) is 31.2 Å². The van der Waals surface area contributed by atoms with Crippen LogP contribution in [-0.4, -0.2) is 22.7 Å². The monoisotopic (exact) mass is 259 g/mol. The number of carbonyl (C=O) groups excluding carboxylic acids is 1. The number of ether oxygens (including phenoxy) is 1. The molecule has 0 aliphatic heterocycles. The first-order valence-corrected chi connectivity index (χ1v) is 6.30. The van der Waals surface area contributed by atoms with Crippen LogP contribution >= 0.6 is 0 Å². The topological polar surface area (TPSA) is 59.4 Å². The second-order valence-corrected chi connectivity index (χ2v) is 4.46. The molecule has 1 N–H and O–H groups in total. The second-order valence-electron chi connectivity index (χ2n) is 4.46. The fourth-order valence-corrected chi connectivity index (χ4v) is 1.97. The molecule has 0 radical (unpaired) electrons. The maximum absolute atomic E-state index is 11.4. The SMILES string of the molecule is CCOC(=O)C[C@H](O)c1ccc2cnc(C)cc2c1. The molecule has 0 spiro atoms. The molecule has 0 unspecified atom stereocenters. The Morgan fingerprint density at radius 3 is 2.89 bits per heavy atom. The van der Waals surface area contributed by atoms with Gasteiger partial charge in [-0.3, -0.25) is 9.78 Å². The Morgan fingerprint density at radius 2 is 2.16 bits per heavy atom. The van der Waals surface area contributed by atoms with Crippen LogP contribution in [0.25, 0.3) is 10.8 Å².